The van der Waals surface area contributed by atoms with Crippen LogP contribution in [0.25, 0.3) is 0 Å². The Morgan fingerprint density at radius 3 is 1.79 bits per heavy atom. The third-order valence-electron chi connectivity index (χ3n) is 5.41. The number of carbonyl (C=O) groups excluding carboxylic acids is 1. The highest BCUT2D eigenvalue weighted by Gasteiger charge is 2.69. The molecule has 2 amide bonds. The fraction of sp³-hybridized carbons (Fsp3) is 0.611. The van der Waals surface area contributed by atoms with Crippen LogP contribution in [0.2, 0.25) is 39.3 Å². The predicted molar refractivity (Wildman–Crippen MR) is 113 cm³/mol. The molecule has 24 heavy (non-hydrogen) atoms. The maximum Gasteiger partial charge on any atom is 0.313 e. The van der Waals surface area contributed by atoms with E-state index in [0.717, 1.165) is 5.69 Å². The number of para-hydroxylation sites is 1. The van der Waals surface area contributed by atoms with Crippen molar-refractivity contribution >= 4 is 34.2 Å². The highest BCUT2D eigenvalue weighted by Crippen LogP contribution is 2.45. The first-order chi connectivity index (χ1) is 10.7. The van der Waals surface area contributed by atoms with Gasteiger partial charge in [-0.1, -0.05) is 78.3 Å². The molecule has 2 rings (SSSR count). The Kier molecular flexibility index (Phi) is 4.74. The molecule has 0 aliphatic carbocycles. The van der Waals surface area contributed by atoms with Gasteiger partial charge in [-0.15, -0.1) is 0 Å². The van der Waals surface area contributed by atoms with E-state index in [1.165, 1.54) is 0 Å². The third-order valence-corrected chi connectivity index (χ3v) is 42.8. The molecule has 6 heteroatoms. The van der Waals surface area contributed by atoms with E-state index in [-0.39, 0.29) is 11.4 Å². The van der Waals surface area contributed by atoms with E-state index in [4.69, 9.17) is 0 Å². The van der Waals surface area contributed by atoms with Crippen LogP contribution in [0, 0.1) is 5.41 Å². The van der Waals surface area contributed by atoms with Crippen LogP contribution >= 0.6 is 0 Å². The number of anilines is 1. The summed E-state index contributed by atoms with van der Waals surface area (Å²) in [4.78, 5) is 19.1. The van der Waals surface area contributed by atoms with E-state index in [1.54, 1.807) is 0 Å². The van der Waals surface area contributed by atoms with E-state index in [2.05, 4.69) is 82.1 Å². The van der Waals surface area contributed by atoms with Crippen LogP contribution in [0.3, 0.4) is 0 Å². The predicted octanol–water partition coefficient (Wildman–Crippen LogP) is 4.95. The first-order valence-corrected chi connectivity index (χ1v) is 20.0. The second-order valence-electron chi connectivity index (χ2n) is 10.2. The van der Waals surface area contributed by atoms with Crippen molar-refractivity contribution in [2.45, 2.75) is 65.7 Å². The number of nitrogens with zero attached hydrogens (tertiary/aromatic N) is 1. The number of urea groups is 1. The van der Waals surface area contributed by atoms with Gasteiger partial charge in [0.05, 0.1) is 20.8 Å². The molecule has 3 nitrogen and oxygen atoms in total. The van der Waals surface area contributed by atoms with Crippen LogP contribution in [0.5, 0.6) is 0 Å². The van der Waals surface area contributed by atoms with E-state index in [1.807, 2.05) is 18.2 Å². The van der Waals surface area contributed by atoms with Crippen molar-refractivity contribution in [2.75, 3.05) is 4.90 Å². The Labute approximate surface area is 150 Å². The Bertz CT molecular complexity index is 598. The van der Waals surface area contributed by atoms with Gasteiger partial charge in [0.2, 0.25) is 0 Å². The SMILES string of the molecule is CC(C)(C)C1N(c2ccccc2)C(=O)N[Si]1([Si](C)(C)C)[Si](C)(C)C. The molecule has 0 spiro atoms. The smallest absolute Gasteiger partial charge is 0.313 e. The molecular weight excluding hydrogens is 344 g/mol. The minimum atomic E-state index is -2.01. The topological polar surface area (TPSA) is 32.3 Å². The quantitative estimate of drug-likeness (QED) is 0.742. The number of hydrogen-bond donors (Lipinski definition) is 1. The standard InChI is InChI=1S/C18H34N2OSi3/c1-18(2,3)16-20(15-13-11-10-12-14-15)17(21)19-24(16,22(4,5)6)23(7,8)9/h10-14,16H,1-9H3,(H,19,21). The summed E-state index contributed by atoms with van der Waals surface area (Å²) in [6.45, 7) is 21.8. The first-order valence-electron chi connectivity index (χ1n) is 8.90. The van der Waals surface area contributed by atoms with Crippen molar-refractivity contribution in [1.29, 1.82) is 0 Å². The fourth-order valence-corrected chi connectivity index (χ4v) is 50.2. The van der Waals surface area contributed by atoms with Gasteiger partial charge in [0.1, 0.15) is 0 Å². The second-order valence-corrected chi connectivity index (χ2v) is 36.9. The van der Waals surface area contributed by atoms with Gasteiger partial charge in [0, 0.05) is 5.69 Å². The van der Waals surface area contributed by atoms with Gasteiger partial charge in [-0.25, -0.2) is 4.79 Å². The summed E-state index contributed by atoms with van der Waals surface area (Å²) in [6.07, 6.45) is 0. The van der Waals surface area contributed by atoms with Gasteiger partial charge in [-0.3, -0.25) is 4.90 Å². The molecule has 1 atom stereocenters. The maximum atomic E-state index is 13.2. The summed E-state index contributed by atoms with van der Waals surface area (Å²) < 4.78 is 0. The molecule has 1 saturated heterocycles. The molecule has 1 aromatic rings. The molecule has 1 unspecified atom stereocenters. The van der Waals surface area contributed by atoms with Crippen molar-refractivity contribution in [3.63, 3.8) is 0 Å². The zero-order valence-electron chi connectivity index (χ0n) is 16.8. The molecule has 0 aromatic heterocycles. The van der Waals surface area contributed by atoms with E-state index in [0.29, 0.717) is 5.67 Å². The maximum absolute atomic E-state index is 13.2. The summed E-state index contributed by atoms with van der Waals surface area (Å²) in [7, 11) is -5.15. The minimum absolute atomic E-state index is 0.0573. The Hall–Kier alpha value is -0.859. The van der Waals surface area contributed by atoms with Crippen molar-refractivity contribution in [2.24, 2.45) is 5.41 Å². The van der Waals surface area contributed by atoms with Crippen molar-refractivity contribution in [1.82, 2.24) is 4.98 Å². The fourth-order valence-electron chi connectivity index (χ4n) is 4.82. The van der Waals surface area contributed by atoms with Gasteiger partial charge in [0.15, 0.2) is 7.27 Å². The molecule has 1 fully saturated rings. The largest absolute Gasteiger partial charge is 0.366 e. The molecule has 1 N–H and O–H groups in total. The monoisotopic (exact) mass is 378 g/mol. The van der Waals surface area contributed by atoms with Gasteiger partial charge < -0.3 is 4.98 Å². The lowest BCUT2D eigenvalue weighted by Crippen LogP contribution is -2.84. The molecule has 0 saturated carbocycles. The van der Waals surface area contributed by atoms with Gasteiger partial charge in [0.25, 0.3) is 0 Å². The van der Waals surface area contributed by atoms with Crippen LogP contribution in [0.1, 0.15) is 20.8 Å². The van der Waals surface area contributed by atoms with Crippen LogP contribution in [-0.2, 0) is 0 Å². The van der Waals surface area contributed by atoms with Crippen LogP contribution in [0.15, 0.2) is 30.3 Å². The molecule has 134 valence electrons. The van der Waals surface area contributed by atoms with E-state index >= 15 is 0 Å². The van der Waals surface area contributed by atoms with E-state index < -0.39 is 22.5 Å². The highest BCUT2D eigenvalue weighted by molar-refractivity contribution is 7.69. The van der Waals surface area contributed by atoms with Crippen molar-refractivity contribution in [3.05, 3.63) is 30.3 Å². The molecule has 0 radical (unpaired) electrons. The van der Waals surface area contributed by atoms with Crippen LogP contribution in [-0.4, -0.2) is 34.1 Å². The number of hydrogen-bond acceptors (Lipinski definition) is 1. The average Bonchev–Trinajstić information content (AvgIpc) is 2.73. The molecular formula is C18H34N2OSi3. The Morgan fingerprint density at radius 2 is 1.42 bits per heavy atom. The number of amides is 2. The summed E-state index contributed by atoms with van der Waals surface area (Å²) in [5.74, 6) is 0. The molecule has 1 aromatic carbocycles. The van der Waals surface area contributed by atoms with Crippen molar-refractivity contribution < 1.29 is 4.79 Å². The zero-order valence-corrected chi connectivity index (χ0v) is 19.8. The number of rotatable bonds is 3. The summed E-state index contributed by atoms with van der Waals surface area (Å²) >= 11 is 0. The average molecular weight is 379 g/mol. The molecule has 0 bridgehead atoms. The summed E-state index contributed by atoms with van der Waals surface area (Å²) in [5, 5.41) is 0. The summed E-state index contributed by atoms with van der Waals surface area (Å²) in [6, 6.07) is 10.4. The lowest BCUT2D eigenvalue weighted by atomic mass is 9.95. The number of nitrogens with one attached hydrogen (secondary N) is 1. The highest BCUT2D eigenvalue weighted by atomic mass is 29.6. The molecule has 1 aliphatic heterocycles. The number of carbonyl (C=O) groups is 1. The normalized spacial score (nSPS) is 21.8. The lowest BCUT2D eigenvalue weighted by molar-refractivity contribution is 0.249. The number of benzene rings is 1. The minimum Gasteiger partial charge on any atom is -0.366 e. The van der Waals surface area contributed by atoms with Gasteiger partial charge in [-0.2, -0.15) is 0 Å². The lowest BCUT2D eigenvalue weighted by Gasteiger charge is -2.54. The molecule has 1 heterocycles. The zero-order chi connectivity index (χ0) is 18.6. The van der Waals surface area contributed by atoms with Crippen LogP contribution < -0.4 is 9.88 Å². The van der Waals surface area contributed by atoms with Gasteiger partial charge >= 0.3 is 6.03 Å². The second kappa shape index (κ2) is 5.85. The Balaban J connectivity index is 2.76. The summed E-state index contributed by atoms with van der Waals surface area (Å²) in [5.41, 5.74) is 1.40. The Morgan fingerprint density at radius 1 is 0.958 bits per heavy atom. The molecule has 1 aliphatic rings. The first kappa shape index (κ1) is 19.5. The van der Waals surface area contributed by atoms with Gasteiger partial charge in [-0.05, 0) is 17.5 Å². The van der Waals surface area contributed by atoms with Crippen molar-refractivity contribution in [3.8, 4) is 0 Å². The van der Waals surface area contributed by atoms with E-state index in [9.17, 15) is 4.79 Å². The third kappa shape index (κ3) is 2.93. The van der Waals surface area contributed by atoms with Crippen LogP contribution in [0.4, 0.5) is 10.5 Å².